The summed E-state index contributed by atoms with van der Waals surface area (Å²) in [4.78, 5) is 12.6. The summed E-state index contributed by atoms with van der Waals surface area (Å²) in [5, 5.41) is 3.43. The zero-order valence-electron chi connectivity index (χ0n) is 12.2. The molecule has 5 heteroatoms. The van der Waals surface area contributed by atoms with Gasteiger partial charge in [-0.05, 0) is 43.1 Å². The predicted molar refractivity (Wildman–Crippen MR) is 88.0 cm³/mol. The average Bonchev–Trinajstić information content (AvgIpc) is 2.37. The Morgan fingerprint density at radius 3 is 2.85 bits per heavy atom. The summed E-state index contributed by atoms with van der Waals surface area (Å²) in [6.45, 7) is 8.41. The highest BCUT2D eigenvalue weighted by atomic mass is 79.9. The monoisotopic (exact) mass is 359 g/mol. The van der Waals surface area contributed by atoms with Crippen molar-refractivity contribution in [3.8, 4) is 0 Å². The third kappa shape index (κ3) is 6.77. The first-order valence-electron chi connectivity index (χ1n) is 6.80. The highest BCUT2D eigenvalue weighted by molar-refractivity contribution is 9.10. The van der Waals surface area contributed by atoms with Crippen LogP contribution in [-0.4, -0.2) is 24.9 Å². The maximum absolute atomic E-state index is 11.4. The molecule has 3 nitrogen and oxygen atoms in total. The van der Waals surface area contributed by atoms with Crippen LogP contribution < -0.4 is 5.32 Å². The van der Waals surface area contributed by atoms with Crippen molar-refractivity contribution in [2.75, 3.05) is 18.9 Å². The smallest absolute Gasteiger partial charge is 0.316 e. The van der Waals surface area contributed by atoms with Gasteiger partial charge in [-0.25, -0.2) is 0 Å². The van der Waals surface area contributed by atoms with Crippen LogP contribution >= 0.6 is 27.7 Å². The van der Waals surface area contributed by atoms with Crippen LogP contribution in [0.25, 0.3) is 0 Å². The number of benzene rings is 1. The van der Waals surface area contributed by atoms with Crippen LogP contribution in [0, 0.1) is 5.92 Å². The van der Waals surface area contributed by atoms with Gasteiger partial charge in [-0.3, -0.25) is 4.79 Å². The number of hydrogen-bond donors (Lipinski definition) is 1. The Labute approximate surface area is 134 Å². The number of rotatable bonds is 8. The quantitative estimate of drug-likeness (QED) is 0.565. The van der Waals surface area contributed by atoms with E-state index in [2.05, 4.69) is 41.2 Å². The van der Waals surface area contributed by atoms with Crippen LogP contribution in [0.2, 0.25) is 0 Å². The first-order valence-corrected chi connectivity index (χ1v) is 8.58. The third-order valence-corrected chi connectivity index (χ3v) is 4.12. The zero-order valence-corrected chi connectivity index (χ0v) is 14.6. The Hall–Kier alpha value is -0.520. The highest BCUT2D eigenvalue weighted by Crippen LogP contribution is 2.26. The summed E-state index contributed by atoms with van der Waals surface area (Å²) in [5.41, 5.74) is 1.20. The van der Waals surface area contributed by atoms with Gasteiger partial charge in [0.05, 0.1) is 12.4 Å². The Kier molecular flexibility index (Phi) is 8.26. The van der Waals surface area contributed by atoms with Gasteiger partial charge in [0.15, 0.2) is 0 Å². The number of carbonyl (C=O) groups excluding carboxylic acids is 1. The van der Waals surface area contributed by atoms with Gasteiger partial charge in [-0.2, -0.15) is 0 Å². The molecule has 1 aromatic carbocycles. The van der Waals surface area contributed by atoms with Crippen molar-refractivity contribution >= 4 is 33.7 Å². The van der Waals surface area contributed by atoms with Crippen LogP contribution in [0.15, 0.2) is 27.6 Å². The molecule has 0 aliphatic rings. The minimum absolute atomic E-state index is 0.165. The van der Waals surface area contributed by atoms with Gasteiger partial charge in [0.1, 0.15) is 0 Å². The number of esters is 1. The second-order valence-corrected chi connectivity index (χ2v) is 6.80. The van der Waals surface area contributed by atoms with Crippen molar-refractivity contribution in [2.45, 2.75) is 32.2 Å². The molecule has 0 radical (unpaired) electrons. The SMILES string of the molecule is CCOC(=O)CSc1ccc(Br)cc1CNCC(C)C. The fourth-order valence-electron chi connectivity index (χ4n) is 1.66. The van der Waals surface area contributed by atoms with Gasteiger partial charge in [0.2, 0.25) is 0 Å². The van der Waals surface area contributed by atoms with E-state index >= 15 is 0 Å². The lowest BCUT2D eigenvalue weighted by Crippen LogP contribution is -2.19. The molecular formula is C15H22BrNO2S. The normalized spacial score (nSPS) is 10.8. The maximum atomic E-state index is 11.4. The molecule has 0 atom stereocenters. The molecular weight excluding hydrogens is 338 g/mol. The van der Waals surface area contributed by atoms with Crippen LogP contribution in [0.3, 0.4) is 0 Å². The molecule has 0 unspecified atom stereocenters. The lowest BCUT2D eigenvalue weighted by atomic mass is 10.2. The topological polar surface area (TPSA) is 38.3 Å². The van der Waals surface area contributed by atoms with E-state index in [1.165, 1.54) is 17.3 Å². The molecule has 1 aromatic rings. The second-order valence-electron chi connectivity index (χ2n) is 4.87. The summed E-state index contributed by atoms with van der Waals surface area (Å²) in [7, 11) is 0. The first-order chi connectivity index (χ1) is 9.52. The molecule has 0 spiro atoms. The van der Waals surface area contributed by atoms with Gasteiger partial charge in [-0.15, -0.1) is 11.8 Å². The van der Waals surface area contributed by atoms with Crippen LogP contribution in [0.5, 0.6) is 0 Å². The van der Waals surface area contributed by atoms with Crippen molar-refractivity contribution in [3.63, 3.8) is 0 Å². The van der Waals surface area contributed by atoms with Crippen molar-refractivity contribution in [1.82, 2.24) is 5.32 Å². The molecule has 0 saturated carbocycles. The van der Waals surface area contributed by atoms with E-state index in [0.29, 0.717) is 18.3 Å². The lowest BCUT2D eigenvalue weighted by molar-refractivity contribution is -0.139. The second kappa shape index (κ2) is 9.42. The molecule has 0 aliphatic carbocycles. The van der Waals surface area contributed by atoms with Gasteiger partial charge in [0.25, 0.3) is 0 Å². The van der Waals surface area contributed by atoms with Crippen molar-refractivity contribution < 1.29 is 9.53 Å². The van der Waals surface area contributed by atoms with Crippen molar-refractivity contribution in [1.29, 1.82) is 0 Å². The van der Waals surface area contributed by atoms with E-state index in [9.17, 15) is 4.79 Å². The van der Waals surface area contributed by atoms with Crippen LogP contribution in [0.1, 0.15) is 26.3 Å². The summed E-state index contributed by atoms with van der Waals surface area (Å²) < 4.78 is 6.01. The number of nitrogens with one attached hydrogen (secondary N) is 1. The largest absolute Gasteiger partial charge is 0.465 e. The Bertz CT molecular complexity index is 438. The number of hydrogen-bond acceptors (Lipinski definition) is 4. The van der Waals surface area contributed by atoms with Crippen molar-refractivity contribution in [3.05, 3.63) is 28.2 Å². The fourth-order valence-corrected chi connectivity index (χ4v) is 2.91. The predicted octanol–water partition coefficient (Wildman–Crippen LogP) is 3.85. The molecule has 1 N–H and O–H groups in total. The Balaban J connectivity index is 2.62. The molecule has 0 amide bonds. The number of thioether (sulfide) groups is 1. The standard InChI is InChI=1S/C15H22BrNO2S/c1-4-19-15(18)10-20-14-6-5-13(16)7-12(14)9-17-8-11(2)3/h5-7,11,17H,4,8-10H2,1-3H3. The van der Waals surface area contributed by atoms with Gasteiger partial charge in [0, 0.05) is 15.9 Å². The summed E-state index contributed by atoms with van der Waals surface area (Å²) in [6, 6.07) is 6.14. The summed E-state index contributed by atoms with van der Waals surface area (Å²) in [6.07, 6.45) is 0. The summed E-state index contributed by atoms with van der Waals surface area (Å²) in [5.74, 6) is 0.812. The van der Waals surface area contributed by atoms with Crippen LogP contribution in [0.4, 0.5) is 0 Å². The van der Waals surface area contributed by atoms with E-state index in [1.807, 2.05) is 19.1 Å². The molecule has 112 valence electrons. The summed E-state index contributed by atoms with van der Waals surface area (Å²) >= 11 is 5.02. The molecule has 0 bridgehead atoms. The first kappa shape index (κ1) is 17.5. The van der Waals surface area contributed by atoms with Gasteiger partial charge >= 0.3 is 5.97 Å². The van der Waals surface area contributed by atoms with Gasteiger partial charge in [-0.1, -0.05) is 29.8 Å². The molecule has 0 heterocycles. The Morgan fingerprint density at radius 2 is 2.20 bits per heavy atom. The maximum Gasteiger partial charge on any atom is 0.316 e. The number of halogens is 1. The molecule has 1 rings (SSSR count). The molecule has 0 aromatic heterocycles. The van der Waals surface area contributed by atoms with E-state index in [1.54, 1.807) is 0 Å². The van der Waals surface area contributed by atoms with E-state index in [4.69, 9.17) is 4.74 Å². The third-order valence-electron chi connectivity index (χ3n) is 2.54. The zero-order chi connectivity index (χ0) is 15.0. The van der Waals surface area contributed by atoms with Crippen LogP contribution in [-0.2, 0) is 16.1 Å². The fraction of sp³-hybridized carbons (Fsp3) is 0.533. The van der Waals surface area contributed by atoms with E-state index < -0.39 is 0 Å². The Morgan fingerprint density at radius 1 is 1.45 bits per heavy atom. The van der Waals surface area contributed by atoms with E-state index in [0.717, 1.165) is 22.5 Å². The number of ether oxygens (including phenoxy) is 1. The number of carbonyl (C=O) groups is 1. The highest BCUT2D eigenvalue weighted by Gasteiger charge is 2.08. The minimum atomic E-state index is -0.165. The molecule has 0 fully saturated rings. The minimum Gasteiger partial charge on any atom is -0.465 e. The lowest BCUT2D eigenvalue weighted by Gasteiger charge is -2.12. The average molecular weight is 360 g/mol. The molecule has 0 aliphatic heterocycles. The van der Waals surface area contributed by atoms with Crippen molar-refractivity contribution in [2.24, 2.45) is 5.92 Å². The molecule has 20 heavy (non-hydrogen) atoms. The van der Waals surface area contributed by atoms with E-state index in [-0.39, 0.29) is 5.97 Å². The van der Waals surface area contributed by atoms with Gasteiger partial charge < -0.3 is 10.1 Å². The molecule has 0 saturated heterocycles.